The fourth-order valence-electron chi connectivity index (χ4n) is 1.51. The van der Waals surface area contributed by atoms with Crippen molar-refractivity contribution in [2.24, 2.45) is 0 Å². The number of carbonyl (C=O) groups is 1. The van der Waals surface area contributed by atoms with Gasteiger partial charge in [0.15, 0.2) is 0 Å². The molecule has 0 fully saturated rings. The van der Waals surface area contributed by atoms with Crippen molar-refractivity contribution in [1.82, 2.24) is 9.97 Å². The first-order chi connectivity index (χ1) is 7.61. The molecular formula is C11H10N2O3. The zero-order chi connectivity index (χ0) is 11.7. The topological polar surface area (TPSA) is 83.0 Å². The number of H-pyrrole nitrogens is 1. The van der Waals surface area contributed by atoms with Crippen LogP contribution < -0.4 is 5.56 Å². The number of benzene rings is 1. The Morgan fingerprint density at radius 1 is 1.50 bits per heavy atom. The van der Waals surface area contributed by atoms with E-state index in [0.717, 1.165) is 12.0 Å². The molecule has 0 unspecified atom stereocenters. The lowest BCUT2D eigenvalue weighted by molar-refractivity contribution is 0.0683. The monoisotopic (exact) mass is 218 g/mol. The molecule has 0 saturated heterocycles. The number of aryl methyl sites for hydroxylation is 1. The number of nitrogens with zero attached hydrogens (tertiary/aromatic N) is 1. The van der Waals surface area contributed by atoms with Gasteiger partial charge in [-0.15, -0.1) is 0 Å². The minimum absolute atomic E-state index is 0.332. The van der Waals surface area contributed by atoms with E-state index in [1.54, 1.807) is 12.1 Å². The molecule has 0 radical (unpaired) electrons. The number of aromatic carboxylic acids is 1. The summed E-state index contributed by atoms with van der Waals surface area (Å²) in [6.07, 6.45) is 0.816. The molecule has 0 aliphatic carbocycles. The van der Waals surface area contributed by atoms with E-state index in [9.17, 15) is 9.59 Å². The fourth-order valence-corrected chi connectivity index (χ4v) is 1.51. The Kier molecular flexibility index (Phi) is 2.44. The van der Waals surface area contributed by atoms with Crippen LogP contribution in [0.15, 0.2) is 23.0 Å². The Morgan fingerprint density at radius 3 is 2.88 bits per heavy atom. The van der Waals surface area contributed by atoms with Gasteiger partial charge in [-0.2, -0.15) is 0 Å². The minimum Gasteiger partial charge on any atom is -0.475 e. The Labute approximate surface area is 90.8 Å². The summed E-state index contributed by atoms with van der Waals surface area (Å²) < 4.78 is 0. The van der Waals surface area contributed by atoms with Gasteiger partial charge in [0, 0.05) is 0 Å². The molecule has 0 bridgehead atoms. The average Bonchev–Trinajstić information content (AvgIpc) is 2.28. The summed E-state index contributed by atoms with van der Waals surface area (Å²) in [6.45, 7) is 1.98. The summed E-state index contributed by atoms with van der Waals surface area (Å²) in [7, 11) is 0. The van der Waals surface area contributed by atoms with Crippen molar-refractivity contribution in [2.75, 3.05) is 0 Å². The van der Waals surface area contributed by atoms with Crippen LogP contribution in [0.4, 0.5) is 0 Å². The highest BCUT2D eigenvalue weighted by atomic mass is 16.4. The van der Waals surface area contributed by atoms with Crippen LogP contribution in [0.5, 0.6) is 0 Å². The van der Waals surface area contributed by atoms with Crippen molar-refractivity contribution < 1.29 is 9.90 Å². The van der Waals surface area contributed by atoms with E-state index in [4.69, 9.17) is 5.11 Å². The Morgan fingerprint density at radius 2 is 2.25 bits per heavy atom. The predicted molar refractivity (Wildman–Crippen MR) is 58.7 cm³/mol. The summed E-state index contributed by atoms with van der Waals surface area (Å²) in [6, 6.07) is 5.23. The van der Waals surface area contributed by atoms with E-state index in [1.807, 2.05) is 13.0 Å². The standard InChI is InChI=1S/C11H10N2O3/c1-2-6-3-4-8-7(5-6)10(14)13-9(12-8)11(15)16/h3-5H,2H2,1H3,(H,15,16)(H,12,13,14). The molecule has 0 aliphatic heterocycles. The Hall–Kier alpha value is -2.17. The molecular weight excluding hydrogens is 208 g/mol. The normalized spacial score (nSPS) is 10.6. The molecule has 0 atom stereocenters. The van der Waals surface area contributed by atoms with Gasteiger partial charge in [-0.3, -0.25) is 4.79 Å². The summed E-state index contributed by atoms with van der Waals surface area (Å²) in [5, 5.41) is 9.16. The number of hydrogen-bond donors (Lipinski definition) is 2. The highest BCUT2D eigenvalue weighted by molar-refractivity contribution is 5.87. The van der Waals surface area contributed by atoms with Gasteiger partial charge >= 0.3 is 5.97 Å². The third kappa shape index (κ3) is 1.67. The Balaban J connectivity index is 2.76. The average molecular weight is 218 g/mol. The van der Waals surface area contributed by atoms with E-state index >= 15 is 0 Å². The largest absolute Gasteiger partial charge is 0.475 e. The predicted octanol–water partition coefficient (Wildman–Crippen LogP) is 1.18. The van der Waals surface area contributed by atoms with Gasteiger partial charge in [0.25, 0.3) is 5.56 Å². The van der Waals surface area contributed by atoms with Gasteiger partial charge in [0.2, 0.25) is 5.82 Å². The number of aromatic amines is 1. The second kappa shape index (κ2) is 3.77. The molecule has 1 heterocycles. The molecule has 0 saturated carbocycles. The van der Waals surface area contributed by atoms with E-state index in [2.05, 4.69) is 9.97 Å². The minimum atomic E-state index is -1.24. The molecule has 5 heteroatoms. The number of hydrogen-bond acceptors (Lipinski definition) is 3. The second-order valence-electron chi connectivity index (χ2n) is 3.42. The SMILES string of the molecule is CCc1ccc2nc(C(=O)O)[nH]c(=O)c2c1. The van der Waals surface area contributed by atoms with Crippen LogP contribution in [0.2, 0.25) is 0 Å². The molecule has 2 N–H and O–H groups in total. The number of nitrogens with one attached hydrogen (secondary N) is 1. The highest BCUT2D eigenvalue weighted by Gasteiger charge is 2.09. The zero-order valence-corrected chi connectivity index (χ0v) is 8.65. The summed E-state index contributed by atoms with van der Waals surface area (Å²) in [5.41, 5.74) is 0.999. The number of carboxylic acids is 1. The lowest BCUT2D eigenvalue weighted by atomic mass is 10.1. The maximum absolute atomic E-state index is 11.6. The van der Waals surface area contributed by atoms with E-state index in [0.29, 0.717) is 10.9 Å². The number of aromatic nitrogens is 2. The van der Waals surface area contributed by atoms with Crippen molar-refractivity contribution in [3.8, 4) is 0 Å². The molecule has 1 aromatic carbocycles. The van der Waals surface area contributed by atoms with Crippen LogP contribution in [0.25, 0.3) is 10.9 Å². The quantitative estimate of drug-likeness (QED) is 0.792. The van der Waals surface area contributed by atoms with Crippen LogP contribution in [0.1, 0.15) is 23.1 Å². The molecule has 5 nitrogen and oxygen atoms in total. The van der Waals surface area contributed by atoms with Crippen LogP contribution >= 0.6 is 0 Å². The number of carboxylic acid groups (broad SMARTS) is 1. The third-order valence-corrected chi connectivity index (χ3v) is 2.38. The van der Waals surface area contributed by atoms with Crippen molar-refractivity contribution in [3.05, 3.63) is 39.9 Å². The van der Waals surface area contributed by atoms with Crippen LogP contribution in [0.3, 0.4) is 0 Å². The second-order valence-corrected chi connectivity index (χ2v) is 3.42. The smallest absolute Gasteiger partial charge is 0.372 e. The van der Waals surface area contributed by atoms with E-state index in [-0.39, 0.29) is 5.82 Å². The lowest BCUT2D eigenvalue weighted by Gasteiger charge is -2.01. The number of rotatable bonds is 2. The van der Waals surface area contributed by atoms with Crippen molar-refractivity contribution >= 4 is 16.9 Å². The zero-order valence-electron chi connectivity index (χ0n) is 8.65. The fraction of sp³-hybridized carbons (Fsp3) is 0.182. The van der Waals surface area contributed by atoms with Gasteiger partial charge < -0.3 is 10.1 Å². The Bertz CT molecular complexity index is 616. The first-order valence-corrected chi connectivity index (χ1v) is 4.88. The van der Waals surface area contributed by atoms with Gasteiger partial charge in [-0.1, -0.05) is 13.0 Å². The van der Waals surface area contributed by atoms with E-state index < -0.39 is 11.5 Å². The van der Waals surface area contributed by atoms with Crippen molar-refractivity contribution in [1.29, 1.82) is 0 Å². The van der Waals surface area contributed by atoms with Gasteiger partial charge in [0.05, 0.1) is 10.9 Å². The molecule has 0 spiro atoms. The van der Waals surface area contributed by atoms with Crippen molar-refractivity contribution in [2.45, 2.75) is 13.3 Å². The van der Waals surface area contributed by atoms with Gasteiger partial charge in [-0.05, 0) is 24.1 Å². The van der Waals surface area contributed by atoms with E-state index in [1.165, 1.54) is 0 Å². The van der Waals surface area contributed by atoms with Crippen LogP contribution in [-0.4, -0.2) is 21.0 Å². The molecule has 2 aromatic rings. The maximum Gasteiger partial charge on any atom is 0.372 e. The molecule has 82 valence electrons. The lowest BCUT2D eigenvalue weighted by Crippen LogP contribution is -2.15. The first-order valence-electron chi connectivity index (χ1n) is 4.88. The van der Waals surface area contributed by atoms with Gasteiger partial charge in [-0.25, -0.2) is 9.78 Å². The maximum atomic E-state index is 11.6. The molecule has 2 rings (SSSR count). The van der Waals surface area contributed by atoms with Crippen LogP contribution in [0, 0.1) is 0 Å². The van der Waals surface area contributed by atoms with Gasteiger partial charge in [0.1, 0.15) is 0 Å². The molecule has 0 aliphatic rings. The van der Waals surface area contributed by atoms with Crippen molar-refractivity contribution in [3.63, 3.8) is 0 Å². The molecule has 16 heavy (non-hydrogen) atoms. The first kappa shape index (κ1) is 10.4. The summed E-state index contributed by atoms with van der Waals surface area (Å²) >= 11 is 0. The van der Waals surface area contributed by atoms with Crippen LogP contribution in [-0.2, 0) is 6.42 Å². The third-order valence-electron chi connectivity index (χ3n) is 2.38. The number of fused-ring (bicyclic) bond motifs is 1. The highest BCUT2D eigenvalue weighted by Crippen LogP contribution is 2.10. The molecule has 0 amide bonds. The summed E-state index contributed by atoms with van der Waals surface area (Å²) in [5.74, 6) is -1.57. The summed E-state index contributed by atoms with van der Waals surface area (Å²) in [4.78, 5) is 28.4. The molecule has 1 aromatic heterocycles.